The van der Waals surface area contributed by atoms with Crippen LogP contribution >= 0.6 is 15.9 Å². The van der Waals surface area contributed by atoms with E-state index in [-0.39, 0.29) is 23.4 Å². The molecule has 0 bridgehead atoms. The van der Waals surface area contributed by atoms with Gasteiger partial charge in [-0.25, -0.2) is 4.39 Å². The van der Waals surface area contributed by atoms with E-state index in [9.17, 15) is 9.18 Å². The van der Waals surface area contributed by atoms with Crippen LogP contribution in [0.4, 0.5) is 10.1 Å². The summed E-state index contributed by atoms with van der Waals surface area (Å²) in [5, 5.41) is 2.57. The van der Waals surface area contributed by atoms with Crippen molar-refractivity contribution < 1.29 is 13.9 Å². The van der Waals surface area contributed by atoms with Gasteiger partial charge in [0.25, 0.3) is 0 Å². The zero-order valence-electron chi connectivity index (χ0n) is 14.7. The number of benzene rings is 2. The number of carbonyl (C=O) groups is 1. The van der Waals surface area contributed by atoms with Crippen molar-refractivity contribution in [2.24, 2.45) is 0 Å². The zero-order chi connectivity index (χ0) is 18.4. The van der Waals surface area contributed by atoms with Crippen LogP contribution in [0, 0.1) is 5.82 Å². The number of rotatable bonds is 6. The van der Waals surface area contributed by atoms with Crippen LogP contribution in [0.1, 0.15) is 39.2 Å². The van der Waals surface area contributed by atoms with Crippen molar-refractivity contribution in [2.45, 2.75) is 39.0 Å². The molecule has 0 radical (unpaired) electrons. The minimum absolute atomic E-state index is 0.110. The molecule has 0 aliphatic rings. The number of ether oxygens (including phenoxy) is 1. The first-order chi connectivity index (χ1) is 11.8. The van der Waals surface area contributed by atoms with Crippen molar-refractivity contribution in [1.82, 2.24) is 0 Å². The number of carbonyl (C=O) groups excluding carboxylic acids is 1. The van der Waals surface area contributed by atoms with Gasteiger partial charge >= 0.3 is 0 Å². The highest BCUT2D eigenvalue weighted by Gasteiger charge is 2.13. The number of nitrogens with one attached hydrogen (secondary N) is 1. The standard InChI is InChI=1S/C20H23BrFNO2/c1-20(2,3)14-6-9-16(10-7-14)25-12-4-5-19(24)23-18-11-8-15(21)13-17(18)22/h6-11,13H,4-5,12H2,1-3H3,(H,23,24). The fraction of sp³-hybridized carbons (Fsp3) is 0.350. The van der Waals surface area contributed by atoms with Gasteiger partial charge in [0.2, 0.25) is 5.91 Å². The smallest absolute Gasteiger partial charge is 0.224 e. The molecule has 0 unspecified atom stereocenters. The summed E-state index contributed by atoms with van der Waals surface area (Å²) in [4.78, 5) is 11.9. The summed E-state index contributed by atoms with van der Waals surface area (Å²) >= 11 is 3.18. The highest BCUT2D eigenvalue weighted by Crippen LogP contribution is 2.24. The van der Waals surface area contributed by atoms with Crippen molar-refractivity contribution in [3.63, 3.8) is 0 Å². The quantitative estimate of drug-likeness (QED) is 0.625. The summed E-state index contributed by atoms with van der Waals surface area (Å²) in [6, 6.07) is 12.5. The van der Waals surface area contributed by atoms with Gasteiger partial charge in [0, 0.05) is 10.9 Å². The van der Waals surface area contributed by atoms with E-state index in [4.69, 9.17) is 4.74 Å². The fourth-order valence-electron chi connectivity index (χ4n) is 2.28. The second-order valence-corrected chi connectivity index (χ2v) is 7.81. The maximum atomic E-state index is 13.7. The summed E-state index contributed by atoms with van der Waals surface area (Å²) in [7, 11) is 0. The lowest BCUT2D eigenvalue weighted by Gasteiger charge is -2.19. The molecule has 0 aliphatic heterocycles. The number of halogens is 2. The largest absolute Gasteiger partial charge is 0.494 e. The topological polar surface area (TPSA) is 38.3 Å². The van der Waals surface area contributed by atoms with Gasteiger partial charge in [0.05, 0.1) is 12.3 Å². The highest BCUT2D eigenvalue weighted by molar-refractivity contribution is 9.10. The van der Waals surface area contributed by atoms with Gasteiger partial charge in [-0.15, -0.1) is 0 Å². The molecule has 2 aromatic carbocycles. The maximum absolute atomic E-state index is 13.7. The molecule has 3 nitrogen and oxygen atoms in total. The van der Waals surface area contributed by atoms with E-state index in [1.54, 1.807) is 6.07 Å². The molecule has 1 amide bonds. The van der Waals surface area contributed by atoms with Crippen LogP contribution in [-0.2, 0) is 10.2 Å². The van der Waals surface area contributed by atoms with E-state index in [2.05, 4.69) is 54.2 Å². The van der Waals surface area contributed by atoms with Crippen LogP contribution in [0.3, 0.4) is 0 Å². The van der Waals surface area contributed by atoms with Gasteiger partial charge in [0.15, 0.2) is 0 Å². The molecule has 1 N–H and O–H groups in total. The Morgan fingerprint density at radius 2 is 1.84 bits per heavy atom. The number of hydrogen-bond donors (Lipinski definition) is 1. The normalized spacial score (nSPS) is 11.2. The summed E-state index contributed by atoms with van der Waals surface area (Å²) in [5.74, 6) is 0.0955. The van der Waals surface area contributed by atoms with E-state index < -0.39 is 5.82 Å². The molecule has 0 heterocycles. The summed E-state index contributed by atoms with van der Waals surface area (Å²) in [6.45, 7) is 6.92. The van der Waals surface area contributed by atoms with E-state index in [1.165, 1.54) is 17.7 Å². The van der Waals surface area contributed by atoms with Gasteiger partial charge in [-0.2, -0.15) is 0 Å². The lowest BCUT2D eigenvalue weighted by Crippen LogP contribution is -2.14. The highest BCUT2D eigenvalue weighted by atomic mass is 79.9. The number of anilines is 1. The molecule has 5 heteroatoms. The van der Waals surface area contributed by atoms with Crippen molar-refractivity contribution in [2.75, 3.05) is 11.9 Å². The Kier molecular flexibility index (Phi) is 6.59. The average molecular weight is 408 g/mol. The first-order valence-electron chi connectivity index (χ1n) is 8.24. The molecule has 2 aromatic rings. The first kappa shape index (κ1) is 19.4. The molecule has 0 atom stereocenters. The molecule has 0 saturated heterocycles. The Bertz CT molecular complexity index is 723. The van der Waals surface area contributed by atoms with Gasteiger partial charge in [-0.05, 0) is 47.7 Å². The molecule has 0 saturated carbocycles. The molecule has 25 heavy (non-hydrogen) atoms. The van der Waals surface area contributed by atoms with E-state index in [1.807, 2.05) is 12.1 Å². The second kappa shape index (κ2) is 8.48. The molecule has 0 spiro atoms. The fourth-order valence-corrected chi connectivity index (χ4v) is 2.61. The molecular formula is C20H23BrFNO2. The van der Waals surface area contributed by atoms with E-state index in [0.29, 0.717) is 17.5 Å². The second-order valence-electron chi connectivity index (χ2n) is 6.90. The van der Waals surface area contributed by atoms with Gasteiger partial charge in [-0.3, -0.25) is 4.79 Å². The third kappa shape index (κ3) is 6.16. The minimum Gasteiger partial charge on any atom is -0.494 e. The van der Waals surface area contributed by atoms with Crippen LogP contribution in [0.25, 0.3) is 0 Å². The third-order valence-corrected chi connectivity index (χ3v) is 4.24. The summed E-state index contributed by atoms with van der Waals surface area (Å²) in [6.07, 6.45) is 0.834. The first-order valence-corrected chi connectivity index (χ1v) is 9.03. The van der Waals surface area contributed by atoms with Crippen molar-refractivity contribution in [1.29, 1.82) is 0 Å². The zero-order valence-corrected chi connectivity index (χ0v) is 16.3. The van der Waals surface area contributed by atoms with Crippen molar-refractivity contribution in [3.8, 4) is 5.75 Å². The minimum atomic E-state index is -0.460. The maximum Gasteiger partial charge on any atom is 0.224 e. The van der Waals surface area contributed by atoms with Crippen LogP contribution in [0.5, 0.6) is 5.75 Å². The molecule has 2 rings (SSSR count). The molecule has 0 fully saturated rings. The van der Waals surface area contributed by atoms with Crippen LogP contribution in [-0.4, -0.2) is 12.5 Å². The Labute approximate surface area is 156 Å². The summed E-state index contributed by atoms with van der Waals surface area (Å²) in [5.41, 5.74) is 1.54. The van der Waals surface area contributed by atoms with Crippen LogP contribution < -0.4 is 10.1 Å². The van der Waals surface area contributed by atoms with Crippen molar-refractivity contribution in [3.05, 3.63) is 58.3 Å². The monoisotopic (exact) mass is 407 g/mol. The lowest BCUT2D eigenvalue weighted by molar-refractivity contribution is -0.116. The summed E-state index contributed by atoms with van der Waals surface area (Å²) < 4.78 is 20.0. The van der Waals surface area contributed by atoms with E-state index >= 15 is 0 Å². The van der Waals surface area contributed by atoms with Crippen molar-refractivity contribution >= 4 is 27.5 Å². The average Bonchev–Trinajstić information content (AvgIpc) is 2.54. The molecule has 0 aliphatic carbocycles. The predicted octanol–water partition coefficient (Wildman–Crippen LogP) is 5.68. The molecule has 0 aromatic heterocycles. The Morgan fingerprint density at radius 3 is 2.44 bits per heavy atom. The van der Waals surface area contributed by atoms with Gasteiger partial charge in [0.1, 0.15) is 11.6 Å². The number of amides is 1. The predicted molar refractivity (Wildman–Crippen MR) is 103 cm³/mol. The lowest BCUT2D eigenvalue weighted by atomic mass is 9.87. The van der Waals surface area contributed by atoms with Crippen LogP contribution in [0.2, 0.25) is 0 Å². The van der Waals surface area contributed by atoms with E-state index in [0.717, 1.165) is 5.75 Å². The Balaban J connectivity index is 1.74. The third-order valence-electron chi connectivity index (χ3n) is 3.74. The Morgan fingerprint density at radius 1 is 1.16 bits per heavy atom. The SMILES string of the molecule is CC(C)(C)c1ccc(OCCCC(=O)Nc2ccc(Br)cc2F)cc1. The molecular weight excluding hydrogens is 385 g/mol. The number of hydrogen-bond acceptors (Lipinski definition) is 2. The molecule has 134 valence electrons. The van der Waals surface area contributed by atoms with Crippen LogP contribution in [0.15, 0.2) is 46.9 Å². The van der Waals surface area contributed by atoms with Gasteiger partial charge < -0.3 is 10.1 Å². The van der Waals surface area contributed by atoms with Gasteiger partial charge in [-0.1, -0.05) is 48.8 Å². The Hall–Kier alpha value is -1.88.